The summed E-state index contributed by atoms with van der Waals surface area (Å²) in [5, 5.41) is 8.11. The molecule has 0 spiro atoms. The molecule has 0 heterocycles. The topological polar surface area (TPSA) is 0 Å². The minimum atomic E-state index is 1.02. The number of rotatable bonds is 4. The summed E-state index contributed by atoms with van der Waals surface area (Å²) in [5.74, 6) is 2.05. The minimum Gasteiger partial charge on any atom is -0.152 e. The van der Waals surface area contributed by atoms with Gasteiger partial charge in [0, 0.05) is 11.5 Å². The Morgan fingerprint density at radius 2 is 1.04 bits per heavy atom. The molecule has 0 nitrogen and oxygen atoms in total. The fourth-order valence-corrected chi connectivity index (χ4v) is 5.03. The van der Waals surface area contributed by atoms with E-state index in [2.05, 4.69) is 97.1 Å². The zero-order chi connectivity index (χ0) is 18.1. The lowest BCUT2D eigenvalue weighted by Gasteiger charge is -2.12. The van der Waals surface area contributed by atoms with Crippen LogP contribution < -0.4 is 0 Å². The van der Waals surface area contributed by atoms with Gasteiger partial charge in [-0.2, -0.15) is 11.8 Å². The molecule has 0 amide bonds. The van der Waals surface area contributed by atoms with Gasteiger partial charge in [0.25, 0.3) is 0 Å². The molecule has 5 rings (SSSR count). The number of hydrogen-bond donors (Lipinski definition) is 0. The molecular formula is C26H20S. The van der Waals surface area contributed by atoms with Crippen LogP contribution in [0.15, 0.2) is 97.1 Å². The maximum Gasteiger partial charge on any atom is 0.0200 e. The van der Waals surface area contributed by atoms with E-state index in [0.29, 0.717) is 0 Å². The Kier molecular flexibility index (Phi) is 4.31. The molecule has 0 saturated heterocycles. The fourth-order valence-electron chi connectivity index (χ4n) is 3.94. The molecule has 0 aromatic heterocycles. The fraction of sp³-hybridized carbons (Fsp3) is 0.0769. The number of benzene rings is 5. The first-order valence-corrected chi connectivity index (χ1v) is 10.5. The zero-order valence-corrected chi connectivity index (χ0v) is 15.9. The van der Waals surface area contributed by atoms with Crippen molar-refractivity contribution in [2.75, 3.05) is 0 Å². The Labute approximate surface area is 163 Å². The predicted molar refractivity (Wildman–Crippen MR) is 120 cm³/mol. The summed E-state index contributed by atoms with van der Waals surface area (Å²) >= 11 is 2.00. The Morgan fingerprint density at radius 3 is 1.74 bits per heavy atom. The van der Waals surface area contributed by atoms with Crippen LogP contribution in [0.5, 0.6) is 0 Å². The lowest BCUT2D eigenvalue weighted by molar-refractivity contribution is 1.42. The highest BCUT2D eigenvalue weighted by atomic mass is 32.2. The van der Waals surface area contributed by atoms with Gasteiger partial charge in [-0.05, 0) is 49.5 Å². The van der Waals surface area contributed by atoms with E-state index in [-0.39, 0.29) is 0 Å². The van der Waals surface area contributed by atoms with Crippen LogP contribution in [0.3, 0.4) is 0 Å². The molecule has 0 fully saturated rings. The average Bonchev–Trinajstić information content (AvgIpc) is 2.73. The van der Waals surface area contributed by atoms with Gasteiger partial charge in [0.1, 0.15) is 0 Å². The third-order valence-corrected chi connectivity index (χ3v) is 6.27. The summed E-state index contributed by atoms with van der Waals surface area (Å²) in [6.45, 7) is 0. The van der Waals surface area contributed by atoms with Gasteiger partial charge in [-0.3, -0.25) is 0 Å². The molecule has 5 aromatic rings. The van der Waals surface area contributed by atoms with E-state index in [4.69, 9.17) is 0 Å². The molecule has 0 aliphatic heterocycles. The number of thioether (sulfide) groups is 1. The molecule has 27 heavy (non-hydrogen) atoms. The van der Waals surface area contributed by atoms with Crippen molar-refractivity contribution in [1.82, 2.24) is 0 Å². The highest BCUT2D eigenvalue weighted by Crippen LogP contribution is 2.33. The van der Waals surface area contributed by atoms with Gasteiger partial charge in [-0.15, -0.1) is 0 Å². The summed E-state index contributed by atoms with van der Waals surface area (Å²) in [6.07, 6.45) is 0. The molecular weight excluding hydrogens is 344 g/mol. The molecule has 0 bridgehead atoms. The van der Waals surface area contributed by atoms with E-state index in [1.165, 1.54) is 43.4 Å². The standard InChI is InChI=1S/C26H20S/c1-4-13-23-19(8-1)11-7-12-22(23)17-27-18-26-24-14-5-2-9-20(24)16-21-10-3-6-15-25(21)26/h1-16H,17-18H2. The van der Waals surface area contributed by atoms with E-state index >= 15 is 0 Å². The maximum absolute atomic E-state index is 2.31. The Balaban J connectivity index is 1.50. The number of fused-ring (bicyclic) bond motifs is 3. The molecule has 0 atom stereocenters. The van der Waals surface area contributed by atoms with Crippen LogP contribution in [-0.2, 0) is 11.5 Å². The molecule has 1 heteroatoms. The average molecular weight is 365 g/mol. The second-order valence-corrected chi connectivity index (χ2v) is 7.91. The Bertz CT molecular complexity index is 1190. The Morgan fingerprint density at radius 1 is 0.481 bits per heavy atom. The van der Waals surface area contributed by atoms with E-state index in [1.807, 2.05) is 11.8 Å². The summed E-state index contributed by atoms with van der Waals surface area (Å²) in [5.41, 5.74) is 2.87. The summed E-state index contributed by atoms with van der Waals surface area (Å²) in [7, 11) is 0. The van der Waals surface area contributed by atoms with Gasteiger partial charge in [0.2, 0.25) is 0 Å². The summed E-state index contributed by atoms with van der Waals surface area (Å²) in [6, 6.07) is 35.1. The lowest BCUT2D eigenvalue weighted by atomic mass is 9.98. The van der Waals surface area contributed by atoms with Gasteiger partial charge >= 0.3 is 0 Å². The van der Waals surface area contributed by atoms with Gasteiger partial charge in [0.05, 0.1) is 0 Å². The van der Waals surface area contributed by atoms with Crippen LogP contribution in [0, 0.1) is 0 Å². The second-order valence-electron chi connectivity index (χ2n) is 6.93. The first kappa shape index (κ1) is 16.4. The lowest BCUT2D eigenvalue weighted by Crippen LogP contribution is -1.90. The van der Waals surface area contributed by atoms with Crippen molar-refractivity contribution in [3.8, 4) is 0 Å². The first-order chi connectivity index (χ1) is 13.4. The van der Waals surface area contributed by atoms with E-state index in [1.54, 1.807) is 0 Å². The van der Waals surface area contributed by atoms with Gasteiger partial charge in [0.15, 0.2) is 0 Å². The predicted octanol–water partition coefficient (Wildman–Crippen LogP) is 7.58. The van der Waals surface area contributed by atoms with E-state index < -0.39 is 0 Å². The first-order valence-electron chi connectivity index (χ1n) is 9.34. The molecule has 0 unspecified atom stereocenters. The van der Waals surface area contributed by atoms with Crippen LogP contribution in [0.2, 0.25) is 0 Å². The van der Waals surface area contributed by atoms with Crippen LogP contribution >= 0.6 is 11.8 Å². The van der Waals surface area contributed by atoms with Crippen LogP contribution in [-0.4, -0.2) is 0 Å². The van der Waals surface area contributed by atoms with Crippen molar-refractivity contribution in [2.45, 2.75) is 11.5 Å². The SMILES string of the molecule is c1ccc2c(CSCc3c4ccccc4cc4ccccc34)cccc2c1. The summed E-state index contributed by atoms with van der Waals surface area (Å²) in [4.78, 5) is 0. The zero-order valence-electron chi connectivity index (χ0n) is 15.1. The van der Waals surface area contributed by atoms with Crippen molar-refractivity contribution in [3.63, 3.8) is 0 Å². The van der Waals surface area contributed by atoms with Gasteiger partial charge in [-0.1, -0.05) is 91.0 Å². The van der Waals surface area contributed by atoms with Gasteiger partial charge in [-0.25, -0.2) is 0 Å². The van der Waals surface area contributed by atoms with Crippen molar-refractivity contribution in [2.24, 2.45) is 0 Å². The third kappa shape index (κ3) is 3.09. The van der Waals surface area contributed by atoms with E-state index in [0.717, 1.165) is 11.5 Å². The molecule has 0 radical (unpaired) electrons. The molecule has 0 aliphatic rings. The number of hydrogen-bond acceptors (Lipinski definition) is 1. The highest BCUT2D eigenvalue weighted by molar-refractivity contribution is 7.97. The molecule has 0 N–H and O–H groups in total. The van der Waals surface area contributed by atoms with Crippen molar-refractivity contribution >= 4 is 44.1 Å². The largest absolute Gasteiger partial charge is 0.152 e. The maximum atomic E-state index is 2.31. The van der Waals surface area contributed by atoms with Crippen LogP contribution in [0.25, 0.3) is 32.3 Å². The van der Waals surface area contributed by atoms with Crippen LogP contribution in [0.1, 0.15) is 11.1 Å². The molecule has 5 aromatic carbocycles. The van der Waals surface area contributed by atoms with Crippen molar-refractivity contribution < 1.29 is 0 Å². The molecule has 130 valence electrons. The monoisotopic (exact) mass is 364 g/mol. The van der Waals surface area contributed by atoms with Crippen LogP contribution in [0.4, 0.5) is 0 Å². The second kappa shape index (κ2) is 7.09. The smallest absolute Gasteiger partial charge is 0.0200 e. The minimum absolute atomic E-state index is 1.02. The van der Waals surface area contributed by atoms with E-state index in [9.17, 15) is 0 Å². The van der Waals surface area contributed by atoms with Gasteiger partial charge < -0.3 is 0 Å². The van der Waals surface area contributed by atoms with Crippen molar-refractivity contribution in [3.05, 3.63) is 108 Å². The highest BCUT2D eigenvalue weighted by Gasteiger charge is 2.08. The quantitative estimate of drug-likeness (QED) is 0.296. The summed E-state index contributed by atoms with van der Waals surface area (Å²) < 4.78 is 0. The molecule has 0 aliphatic carbocycles. The van der Waals surface area contributed by atoms with Crippen molar-refractivity contribution in [1.29, 1.82) is 0 Å². The third-order valence-electron chi connectivity index (χ3n) is 5.27. The Hall–Kier alpha value is -2.77. The normalized spacial score (nSPS) is 11.4. The molecule has 0 saturated carbocycles.